The molecule has 1 fully saturated rings. The molecule has 1 atom stereocenters. The Kier molecular flexibility index (Phi) is 4.82. The summed E-state index contributed by atoms with van der Waals surface area (Å²) in [6.07, 6.45) is 3.75. The summed E-state index contributed by atoms with van der Waals surface area (Å²) < 4.78 is 10.9. The second kappa shape index (κ2) is 7.57. The molecule has 1 aromatic carbocycles. The molecule has 3 aromatic rings. The number of nitrogens with zero attached hydrogens (tertiary/aromatic N) is 4. The molecule has 3 heterocycles. The Morgan fingerprint density at radius 2 is 2.22 bits per heavy atom. The summed E-state index contributed by atoms with van der Waals surface area (Å²) in [5.41, 5.74) is 1.83. The molecule has 0 radical (unpaired) electrons. The van der Waals surface area contributed by atoms with E-state index < -0.39 is 0 Å². The number of amides is 1. The fraction of sp³-hybridized carbons (Fsp3) is 0.300. The van der Waals surface area contributed by atoms with E-state index >= 15 is 0 Å². The van der Waals surface area contributed by atoms with Crippen molar-refractivity contribution in [1.82, 2.24) is 20.0 Å². The van der Waals surface area contributed by atoms with Crippen molar-refractivity contribution in [3.05, 3.63) is 60.2 Å². The van der Waals surface area contributed by atoms with E-state index in [-0.39, 0.29) is 11.8 Å². The van der Waals surface area contributed by atoms with Gasteiger partial charge in [0.2, 0.25) is 17.6 Å². The average Bonchev–Trinajstić information content (AvgIpc) is 3.31. The lowest BCUT2D eigenvalue weighted by Crippen LogP contribution is -2.24. The van der Waals surface area contributed by atoms with Gasteiger partial charge in [0.1, 0.15) is 5.75 Å². The minimum atomic E-state index is -0.0921. The monoisotopic (exact) mass is 364 g/mol. The zero-order chi connectivity index (χ0) is 18.6. The van der Waals surface area contributed by atoms with Gasteiger partial charge in [0, 0.05) is 37.5 Å². The van der Waals surface area contributed by atoms with Gasteiger partial charge >= 0.3 is 0 Å². The number of hydrogen-bond acceptors (Lipinski definition) is 6. The Morgan fingerprint density at radius 1 is 1.30 bits per heavy atom. The van der Waals surface area contributed by atoms with Gasteiger partial charge in [0.25, 0.3) is 0 Å². The second-order valence-corrected chi connectivity index (χ2v) is 6.45. The maximum atomic E-state index is 12.4. The van der Waals surface area contributed by atoms with Gasteiger partial charge in [0.05, 0.1) is 12.5 Å². The summed E-state index contributed by atoms with van der Waals surface area (Å²) in [5.74, 6) is 1.80. The molecule has 2 aromatic heterocycles. The highest BCUT2D eigenvalue weighted by molar-refractivity contribution is 5.79. The first-order chi connectivity index (χ1) is 13.2. The summed E-state index contributed by atoms with van der Waals surface area (Å²) in [5, 5.41) is 4.02. The normalized spacial score (nSPS) is 16.7. The van der Waals surface area contributed by atoms with Crippen LogP contribution in [-0.4, -0.2) is 39.1 Å². The van der Waals surface area contributed by atoms with E-state index in [0.29, 0.717) is 37.8 Å². The van der Waals surface area contributed by atoms with Crippen LogP contribution in [0.2, 0.25) is 0 Å². The predicted molar refractivity (Wildman–Crippen MR) is 97.9 cm³/mol. The van der Waals surface area contributed by atoms with Crippen LogP contribution in [0.15, 0.2) is 53.3 Å². The van der Waals surface area contributed by atoms with E-state index in [2.05, 4.69) is 15.1 Å². The Bertz CT molecular complexity index is 926. The molecule has 138 valence electrons. The summed E-state index contributed by atoms with van der Waals surface area (Å²) in [4.78, 5) is 22.8. The van der Waals surface area contributed by atoms with Gasteiger partial charge in [-0.05, 0) is 36.8 Å². The molecule has 0 N–H and O–H groups in total. The summed E-state index contributed by atoms with van der Waals surface area (Å²) in [6.45, 7) is 3.67. The van der Waals surface area contributed by atoms with Crippen molar-refractivity contribution in [1.29, 1.82) is 0 Å². The van der Waals surface area contributed by atoms with Crippen LogP contribution >= 0.6 is 0 Å². The van der Waals surface area contributed by atoms with Crippen LogP contribution in [0.5, 0.6) is 5.75 Å². The number of likely N-dealkylation sites (tertiary alicyclic amines) is 1. The predicted octanol–water partition coefficient (Wildman–Crippen LogP) is 3.05. The lowest BCUT2D eigenvalue weighted by atomic mass is 10.1. The largest absolute Gasteiger partial charge is 0.494 e. The Hall–Kier alpha value is -3.22. The van der Waals surface area contributed by atoms with E-state index in [9.17, 15) is 4.79 Å². The fourth-order valence-electron chi connectivity index (χ4n) is 3.22. The van der Waals surface area contributed by atoms with E-state index in [0.717, 1.165) is 16.9 Å². The van der Waals surface area contributed by atoms with Gasteiger partial charge in [0.15, 0.2) is 0 Å². The summed E-state index contributed by atoms with van der Waals surface area (Å²) in [7, 11) is 0. The third-order valence-corrected chi connectivity index (χ3v) is 4.51. The topological polar surface area (TPSA) is 81.3 Å². The molecular weight excluding hydrogens is 344 g/mol. The first-order valence-corrected chi connectivity index (χ1v) is 8.96. The van der Waals surface area contributed by atoms with Crippen LogP contribution in [0, 0.1) is 0 Å². The molecule has 0 saturated carbocycles. The maximum Gasteiger partial charge on any atom is 0.232 e. The smallest absolute Gasteiger partial charge is 0.232 e. The standard InChI is InChI=1S/C20H20N4O3/c1-2-26-17-7-3-5-14(9-17)12-24-13-16(10-18(24)25)20-22-19(23-27-20)15-6-4-8-21-11-15/h3-9,11,16H,2,10,12-13H2,1H3. The van der Waals surface area contributed by atoms with Gasteiger partial charge in [-0.1, -0.05) is 17.3 Å². The lowest BCUT2D eigenvalue weighted by molar-refractivity contribution is -0.128. The molecule has 7 nitrogen and oxygen atoms in total. The van der Waals surface area contributed by atoms with Crippen LogP contribution in [0.25, 0.3) is 11.4 Å². The van der Waals surface area contributed by atoms with Crippen molar-refractivity contribution in [2.75, 3.05) is 13.2 Å². The van der Waals surface area contributed by atoms with Crippen LogP contribution in [0.4, 0.5) is 0 Å². The third-order valence-electron chi connectivity index (χ3n) is 4.51. The first kappa shape index (κ1) is 17.2. The highest BCUT2D eigenvalue weighted by atomic mass is 16.5. The number of hydrogen-bond donors (Lipinski definition) is 0. The highest BCUT2D eigenvalue weighted by Crippen LogP contribution is 2.30. The molecule has 0 bridgehead atoms. The molecule has 1 saturated heterocycles. The molecule has 1 amide bonds. The number of pyridine rings is 1. The molecule has 27 heavy (non-hydrogen) atoms. The third kappa shape index (κ3) is 3.81. The quantitative estimate of drug-likeness (QED) is 0.669. The Labute approximate surface area is 157 Å². The van der Waals surface area contributed by atoms with Gasteiger partial charge in [-0.2, -0.15) is 4.98 Å². The van der Waals surface area contributed by atoms with E-state index in [4.69, 9.17) is 9.26 Å². The number of ether oxygens (including phenoxy) is 1. The summed E-state index contributed by atoms with van der Waals surface area (Å²) in [6, 6.07) is 11.5. The number of carbonyl (C=O) groups excluding carboxylic acids is 1. The van der Waals surface area contributed by atoms with Crippen molar-refractivity contribution < 1.29 is 14.1 Å². The van der Waals surface area contributed by atoms with Crippen molar-refractivity contribution in [3.8, 4) is 17.1 Å². The van der Waals surface area contributed by atoms with Crippen molar-refractivity contribution >= 4 is 5.91 Å². The first-order valence-electron chi connectivity index (χ1n) is 8.96. The second-order valence-electron chi connectivity index (χ2n) is 6.45. The zero-order valence-electron chi connectivity index (χ0n) is 15.0. The molecule has 4 rings (SSSR count). The van der Waals surface area contributed by atoms with Crippen LogP contribution in [-0.2, 0) is 11.3 Å². The van der Waals surface area contributed by atoms with Gasteiger partial charge in [-0.25, -0.2) is 0 Å². The maximum absolute atomic E-state index is 12.4. The SMILES string of the molecule is CCOc1cccc(CN2CC(c3nc(-c4cccnc4)no3)CC2=O)c1. The summed E-state index contributed by atoms with van der Waals surface area (Å²) >= 11 is 0. The molecule has 1 aliphatic rings. The van der Waals surface area contributed by atoms with E-state index in [1.54, 1.807) is 12.4 Å². The van der Waals surface area contributed by atoms with Crippen LogP contribution in [0.3, 0.4) is 0 Å². The molecular formula is C20H20N4O3. The minimum absolute atomic E-state index is 0.0861. The molecule has 0 spiro atoms. The lowest BCUT2D eigenvalue weighted by Gasteiger charge is -2.16. The molecule has 7 heteroatoms. The number of carbonyl (C=O) groups is 1. The van der Waals surface area contributed by atoms with Gasteiger partial charge in [-0.15, -0.1) is 0 Å². The fourth-order valence-corrected chi connectivity index (χ4v) is 3.22. The van der Waals surface area contributed by atoms with E-state index in [1.165, 1.54) is 0 Å². The molecule has 1 aliphatic heterocycles. The van der Waals surface area contributed by atoms with Crippen molar-refractivity contribution in [2.24, 2.45) is 0 Å². The average molecular weight is 364 g/mol. The molecule has 1 unspecified atom stereocenters. The van der Waals surface area contributed by atoms with Crippen molar-refractivity contribution in [2.45, 2.75) is 25.8 Å². The molecule has 0 aliphatic carbocycles. The van der Waals surface area contributed by atoms with Crippen molar-refractivity contribution in [3.63, 3.8) is 0 Å². The highest BCUT2D eigenvalue weighted by Gasteiger charge is 2.34. The number of benzene rings is 1. The van der Waals surface area contributed by atoms with Crippen LogP contribution < -0.4 is 4.74 Å². The number of rotatable bonds is 6. The van der Waals surface area contributed by atoms with Gasteiger partial charge in [-0.3, -0.25) is 9.78 Å². The minimum Gasteiger partial charge on any atom is -0.494 e. The number of aromatic nitrogens is 3. The van der Waals surface area contributed by atoms with Gasteiger partial charge < -0.3 is 14.2 Å². The van der Waals surface area contributed by atoms with E-state index in [1.807, 2.05) is 48.2 Å². The Morgan fingerprint density at radius 3 is 3.04 bits per heavy atom. The zero-order valence-corrected chi connectivity index (χ0v) is 15.0. The Balaban J connectivity index is 1.45. The van der Waals surface area contributed by atoms with Crippen LogP contribution in [0.1, 0.15) is 30.7 Å².